The Morgan fingerprint density at radius 2 is 2.04 bits per heavy atom. The number of nitrogens with one attached hydrogen (secondary N) is 1. The Bertz CT molecular complexity index is 1120. The van der Waals surface area contributed by atoms with Crippen LogP contribution in [0.25, 0.3) is 22.3 Å². The van der Waals surface area contributed by atoms with Gasteiger partial charge in [0.05, 0.1) is 11.7 Å². The van der Waals surface area contributed by atoms with E-state index in [1.54, 1.807) is 31.3 Å². The first-order chi connectivity index (χ1) is 12.6. The first-order valence-electron chi connectivity index (χ1n) is 7.85. The van der Waals surface area contributed by atoms with Gasteiger partial charge in [-0.15, -0.1) is 0 Å². The van der Waals surface area contributed by atoms with Crippen molar-refractivity contribution >= 4 is 34.1 Å². The highest BCUT2D eigenvalue weighted by Gasteiger charge is 2.13. The van der Waals surface area contributed by atoms with E-state index in [1.807, 2.05) is 24.3 Å². The summed E-state index contributed by atoms with van der Waals surface area (Å²) >= 11 is 6.04. The largest absolute Gasteiger partial charge is 0.361 e. The predicted molar refractivity (Wildman–Crippen MR) is 99.2 cm³/mol. The molecule has 0 aliphatic heterocycles. The van der Waals surface area contributed by atoms with Gasteiger partial charge >= 0.3 is 0 Å². The summed E-state index contributed by atoms with van der Waals surface area (Å²) in [7, 11) is 0. The average Bonchev–Trinajstić information content (AvgIpc) is 3.07. The summed E-state index contributed by atoms with van der Waals surface area (Å²) in [6, 6.07) is 12.8. The molecule has 2 aromatic carbocycles. The normalized spacial score (nSPS) is 10.8. The molecule has 0 bridgehead atoms. The molecule has 0 spiro atoms. The van der Waals surface area contributed by atoms with Crippen LogP contribution < -0.4 is 5.32 Å². The highest BCUT2D eigenvalue weighted by Crippen LogP contribution is 2.23. The van der Waals surface area contributed by atoms with Crippen molar-refractivity contribution in [3.63, 3.8) is 0 Å². The molecule has 2 aromatic heterocycles. The Kier molecular flexibility index (Phi) is 4.10. The number of aromatic nitrogens is 3. The van der Waals surface area contributed by atoms with Gasteiger partial charge in [0.2, 0.25) is 0 Å². The van der Waals surface area contributed by atoms with Crippen LogP contribution in [-0.2, 0) is 0 Å². The molecule has 1 N–H and O–H groups in total. The van der Waals surface area contributed by atoms with Crippen LogP contribution >= 0.6 is 11.6 Å². The molecule has 4 aromatic rings. The third-order valence-electron chi connectivity index (χ3n) is 3.92. The minimum atomic E-state index is -0.285. The fourth-order valence-corrected chi connectivity index (χ4v) is 2.77. The lowest BCUT2D eigenvalue weighted by Gasteiger charge is -2.07. The molecular weight excluding hydrogens is 352 g/mol. The van der Waals surface area contributed by atoms with Gasteiger partial charge in [0.15, 0.2) is 5.82 Å². The average molecular weight is 365 g/mol. The van der Waals surface area contributed by atoms with Crippen LogP contribution in [0.1, 0.15) is 16.1 Å². The molecule has 7 heteroatoms. The summed E-state index contributed by atoms with van der Waals surface area (Å²) in [5.41, 5.74) is 2.56. The molecule has 0 aliphatic rings. The number of rotatable bonds is 3. The maximum atomic E-state index is 12.3. The number of hydrogen-bond donors (Lipinski definition) is 1. The number of carbonyl (C=O) groups is 1. The third kappa shape index (κ3) is 3.14. The third-order valence-corrected chi connectivity index (χ3v) is 4.15. The zero-order valence-corrected chi connectivity index (χ0v) is 14.5. The van der Waals surface area contributed by atoms with E-state index in [1.165, 1.54) is 6.20 Å². The maximum Gasteiger partial charge on any atom is 0.260 e. The van der Waals surface area contributed by atoms with Gasteiger partial charge < -0.3 is 9.84 Å². The molecular formula is C19H13ClN4O2. The van der Waals surface area contributed by atoms with Crippen molar-refractivity contribution in [2.45, 2.75) is 6.92 Å². The zero-order chi connectivity index (χ0) is 18.1. The highest BCUT2D eigenvalue weighted by molar-refractivity contribution is 6.30. The summed E-state index contributed by atoms with van der Waals surface area (Å²) < 4.78 is 4.93. The van der Waals surface area contributed by atoms with Gasteiger partial charge in [0.25, 0.3) is 5.91 Å². The minimum Gasteiger partial charge on any atom is -0.361 e. The fourth-order valence-electron chi connectivity index (χ4n) is 2.58. The first-order valence-corrected chi connectivity index (χ1v) is 8.23. The van der Waals surface area contributed by atoms with E-state index in [-0.39, 0.29) is 5.91 Å². The molecule has 0 aliphatic carbocycles. The predicted octanol–water partition coefficient (Wildman–Crippen LogP) is 4.50. The highest BCUT2D eigenvalue weighted by atomic mass is 35.5. The van der Waals surface area contributed by atoms with Gasteiger partial charge in [-0.2, -0.15) is 0 Å². The molecule has 0 fully saturated rings. The van der Waals surface area contributed by atoms with Gasteiger partial charge in [0, 0.05) is 27.9 Å². The Labute approximate surface area is 153 Å². The molecule has 0 atom stereocenters. The van der Waals surface area contributed by atoms with Crippen molar-refractivity contribution in [2.75, 3.05) is 5.32 Å². The Morgan fingerprint density at radius 3 is 2.81 bits per heavy atom. The molecule has 4 rings (SSSR count). The van der Waals surface area contributed by atoms with Crippen LogP contribution in [0, 0.1) is 6.92 Å². The molecule has 0 unspecified atom stereocenters. The number of anilines is 1. The van der Waals surface area contributed by atoms with Crippen molar-refractivity contribution in [1.82, 2.24) is 15.1 Å². The van der Waals surface area contributed by atoms with E-state index in [4.69, 9.17) is 16.1 Å². The lowest BCUT2D eigenvalue weighted by atomic mass is 10.2. The fraction of sp³-hybridized carbons (Fsp3) is 0.0526. The first kappa shape index (κ1) is 16.2. The SMILES string of the molecule is Cc1oncc1C(=O)Nc1ccc2cnc(-c3cccc(Cl)c3)nc2c1. The molecule has 2 heterocycles. The Morgan fingerprint density at radius 1 is 1.15 bits per heavy atom. The van der Waals surface area contributed by atoms with Crippen LogP contribution in [0.5, 0.6) is 0 Å². The number of carbonyl (C=O) groups excluding carboxylic acids is 1. The zero-order valence-electron chi connectivity index (χ0n) is 13.7. The number of amides is 1. The van der Waals surface area contributed by atoms with Gasteiger partial charge in [0.1, 0.15) is 11.3 Å². The van der Waals surface area contributed by atoms with Crippen LogP contribution in [-0.4, -0.2) is 21.0 Å². The molecule has 0 saturated heterocycles. The lowest BCUT2D eigenvalue weighted by molar-refractivity contribution is 0.102. The van der Waals surface area contributed by atoms with E-state index < -0.39 is 0 Å². The quantitative estimate of drug-likeness (QED) is 0.579. The second kappa shape index (κ2) is 6.57. The number of benzene rings is 2. The molecule has 128 valence electrons. The van der Waals surface area contributed by atoms with Gasteiger partial charge in [-0.05, 0) is 37.3 Å². The molecule has 0 saturated carbocycles. The monoisotopic (exact) mass is 364 g/mol. The maximum absolute atomic E-state index is 12.3. The summed E-state index contributed by atoms with van der Waals surface area (Å²) in [6.07, 6.45) is 3.14. The summed E-state index contributed by atoms with van der Waals surface area (Å²) in [5.74, 6) is 0.749. The van der Waals surface area contributed by atoms with Gasteiger partial charge in [-0.25, -0.2) is 9.97 Å². The van der Waals surface area contributed by atoms with Crippen molar-refractivity contribution in [2.24, 2.45) is 0 Å². The van der Waals surface area contributed by atoms with Crippen LogP contribution in [0.2, 0.25) is 5.02 Å². The molecule has 6 nitrogen and oxygen atoms in total. The van der Waals surface area contributed by atoms with Crippen molar-refractivity contribution < 1.29 is 9.32 Å². The topological polar surface area (TPSA) is 80.9 Å². The van der Waals surface area contributed by atoms with E-state index in [9.17, 15) is 4.79 Å². The molecule has 0 radical (unpaired) electrons. The number of halogens is 1. The lowest BCUT2D eigenvalue weighted by Crippen LogP contribution is -2.12. The molecule has 26 heavy (non-hydrogen) atoms. The van der Waals surface area contributed by atoms with E-state index >= 15 is 0 Å². The molecule has 1 amide bonds. The van der Waals surface area contributed by atoms with Crippen molar-refractivity contribution in [3.8, 4) is 11.4 Å². The summed E-state index contributed by atoms with van der Waals surface area (Å²) in [4.78, 5) is 21.3. The number of nitrogens with zero attached hydrogens (tertiary/aromatic N) is 3. The second-order valence-electron chi connectivity index (χ2n) is 5.73. The summed E-state index contributed by atoms with van der Waals surface area (Å²) in [6.45, 7) is 1.69. The van der Waals surface area contributed by atoms with Crippen LogP contribution in [0.4, 0.5) is 5.69 Å². The number of aryl methyl sites for hydroxylation is 1. The number of hydrogen-bond acceptors (Lipinski definition) is 5. The standard InChI is InChI=1S/C19H13ClN4O2/c1-11-16(10-22-26-11)19(25)23-15-6-5-13-9-21-18(24-17(13)8-15)12-3-2-4-14(20)7-12/h2-10H,1H3,(H,23,25). The van der Waals surface area contributed by atoms with Gasteiger partial charge in [-0.3, -0.25) is 4.79 Å². The second-order valence-corrected chi connectivity index (χ2v) is 6.16. The smallest absolute Gasteiger partial charge is 0.260 e. The van der Waals surface area contributed by atoms with Crippen molar-refractivity contribution in [3.05, 3.63) is 71.2 Å². The Balaban J connectivity index is 1.67. The van der Waals surface area contributed by atoms with E-state index in [2.05, 4.69) is 20.4 Å². The van der Waals surface area contributed by atoms with E-state index in [0.717, 1.165) is 16.5 Å². The Hall–Kier alpha value is -3.25. The van der Waals surface area contributed by atoms with Crippen LogP contribution in [0.15, 0.2) is 59.4 Å². The number of fused-ring (bicyclic) bond motifs is 1. The van der Waals surface area contributed by atoms with Crippen molar-refractivity contribution in [1.29, 1.82) is 0 Å². The minimum absolute atomic E-state index is 0.285. The van der Waals surface area contributed by atoms with E-state index in [0.29, 0.717) is 27.9 Å². The van der Waals surface area contributed by atoms with Crippen LogP contribution in [0.3, 0.4) is 0 Å². The van der Waals surface area contributed by atoms with Gasteiger partial charge in [-0.1, -0.05) is 28.9 Å². The summed E-state index contributed by atoms with van der Waals surface area (Å²) in [5, 5.41) is 7.94.